The molecule has 0 saturated carbocycles. The van der Waals surface area contributed by atoms with Gasteiger partial charge in [-0.15, -0.1) is 0 Å². The maximum Gasteiger partial charge on any atom is 0.260 e. The first kappa shape index (κ1) is 15.6. The van der Waals surface area contributed by atoms with E-state index in [0.717, 1.165) is 5.56 Å². The number of aromatic nitrogens is 2. The molecule has 0 bridgehead atoms. The zero-order valence-corrected chi connectivity index (χ0v) is 13.5. The fourth-order valence-corrected chi connectivity index (χ4v) is 3.31. The summed E-state index contributed by atoms with van der Waals surface area (Å²) in [7, 11) is 0. The summed E-state index contributed by atoms with van der Waals surface area (Å²) in [6.45, 7) is 3.73. The summed E-state index contributed by atoms with van der Waals surface area (Å²) in [6.07, 6.45) is 0.135. The third-order valence-corrected chi connectivity index (χ3v) is 4.26. The fraction of sp³-hybridized carbons (Fsp3) is 0.312. The normalized spacial score (nSPS) is 17.0. The largest absolute Gasteiger partial charge is 0.318 e. The number of carbonyl (C=O) groups is 1. The summed E-state index contributed by atoms with van der Waals surface area (Å²) < 4.78 is 14.9. The first-order valence-corrected chi connectivity index (χ1v) is 7.73. The van der Waals surface area contributed by atoms with Crippen LogP contribution in [-0.4, -0.2) is 15.5 Å². The summed E-state index contributed by atoms with van der Waals surface area (Å²) in [5.74, 6) is -0.661. The van der Waals surface area contributed by atoms with Crippen LogP contribution in [0.1, 0.15) is 43.4 Å². The number of aromatic amines is 1. The predicted molar refractivity (Wildman–Crippen MR) is 87.8 cm³/mol. The van der Waals surface area contributed by atoms with Crippen molar-refractivity contribution in [2.75, 3.05) is 5.32 Å². The number of hydrogen-bond acceptors (Lipinski definition) is 3. The Labute approximate surface area is 137 Å². The Morgan fingerprint density at radius 1 is 1.26 bits per heavy atom. The van der Waals surface area contributed by atoms with Gasteiger partial charge in [0.25, 0.3) is 5.56 Å². The highest BCUT2D eigenvalue weighted by molar-refractivity contribution is 7.71. The van der Waals surface area contributed by atoms with Gasteiger partial charge in [-0.1, -0.05) is 12.1 Å². The second kappa shape index (κ2) is 5.73. The molecule has 0 aliphatic carbocycles. The number of H-pyrrole nitrogens is 1. The topological polar surface area (TPSA) is 66.9 Å². The van der Waals surface area contributed by atoms with E-state index in [0.29, 0.717) is 11.4 Å². The number of nitrogens with zero attached hydrogens (tertiary/aromatic N) is 1. The lowest BCUT2D eigenvalue weighted by molar-refractivity contribution is -0.116. The van der Waals surface area contributed by atoms with Crippen molar-refractivity contribution in [2.24, 2.45) is 0 Å². The minimum absolute atomic E-state index is 0.108. The Bertz CT molecular complexity index is 884. The number of nitrogens with one attached hydrogen (secondary N) is 2. The van der Waals surface area contributed by atoms with Gasteiger partial charge in [0.2, 0.25) is 5.91 Å². The van der Waals surface area contributed by atoms with Gasteiger partial charge in [-0.25, -0.2) is 4.39 Å². The monoisotopic (exact) mass is 333 g/mol. The predicted octanol–water partition coefficient (Wildman–Crippen LogP) is 3.10. The molecule has 23 heavy (non-hydrogen) atoms. The van der Waals surface area contributed by atoms with Crippen molar-refractivity contribution in [3.63, 3.8) is 0 Å². The molecule has 1 aromatic heterocycles. The molecule has 1 amide bonds. The Morgan fingerprint density at radius 3 is 2.52 bits per heavy atom. The molecule has 2 heterocycles. The molecule has 0 radical (unpaired) electrons. The van der Waals surface area contributed by atoms with Gasteiger partial charge < -0.3 is 10.3 Å². The average Bonchev–Trinajstić information content (AvgIpc) is 2.46. The number of carbonyl (C=O) groups excluding carboxylic acids is 1. The van der Waals surface area contributed by atoms with Gasteiger partial charge in [0.15, 0.2) is 4.77 Å². The number of anilines is 1. The molecule has 0 spiro atoms. The second-order valence-electron chi connectivity index (χ2n) is 5.84. The minimum Gasteiger partial charge on any atom is -0.318 e. The molecule has 5 nitrogen and oxygen atoms in total. The number of halogens is 1. The lowest BCUT2D eigenvalue weighted by Crippen LogP contribution is -2.35. The first-order valence-electron chi connectivity index (χ1n) is 7.32. The van der Waals surface area contributed by atoms with Crippen LogP contribution in [-0.2, 0) is 4.79 Å². The lowest BCUT2D eigenvalue weighted by Gasteiger charge is -2.26. The van der Waals surface area contributed by atoms with Gasteiger partial charge in [0.1, 0.15) is 11.6 Å². The minimum atomic E-state index is -0.427. The van der Waals surface area contributed by atoms with Crippen molar-refractivity contribution in [3.8, 4) is 0 Å². The highest BCUT2D eigenvalue weighted by Gasteiger charge is 2.31. The number of fused-ring (bicyclic) bond motifs is 1. The van der Waals surface area contributed by atoms with E-state index >= 15 is 0 Å². The van der Waals surface area contributed by atoms with Gasteiger partial charge in [-0.2, -0.15) is 0 Å². The molecule has 1 unspecified atom stereocenters. The molecule has 7 heteroatoms. The van der Waals surface area contributed by atoms with Crippen LogP contribution in [0.4, 0.5) is 10.2 Å². The smallest absolute Gasteiger partial charge is 0.260 e. The highest BCUT2D eigenvalue weighted by atomic mass is 32.1. The second-order valence-corrected chi connectivity index (χ2v) is 6.23. The Hall–Kier alpha value is -2.28. The zero-order chi connectivity index (χ0) is 16.7. The molecule has 3 rings (SSSR count). The number of benzene rings is 1. The van der Waals surface area contributed by atoms with E-state index in [2.05, 4.69) is 10.3 Å². The van der Waals surface area contributed by atoms with Crippen LogP contribution in [0.15, 0.2) is 29.1 Å². The molecule has 0 fully saturated rings. The first-order chi connectivity index (χ1) is 10.9. The summed E-state index contributed by atoms with van der Waals surface area (Å²) in [6, 6.07) is 5.75. The van der Waals surface area contributed by atoms with Crippen molar-refractivity contribution in [2.45, 2.75) is 32.2 Å². The van der Waals surface area contributed by atoms with Crippen LogP contribution in [0, 0.1) is 10.6 Å². The molecule has 1 atom stereocenters. The van der Waals surface area contributed by atoms with E-state index in [1.54, 1.807) is 12.1 Å². The van der Waals surface area contributed by atoms with E-state index in [4.69, 9.17) is 12.2 Å². The molecular formula is C16H16FN3O2S. The standard InChI is InChI=1S/C16H16FN3O2S/c1-8(2)20-15(22)13-11(9-3-5-10(17)6-4-9)7-12(21)18-14(13)19-16(20)23/h3-6,8,11H,7H2,1-2H3,(H,18,21)(H,19,23). The molecular weight excluding hydrogens is 317 g/mol. The third-order valence-electron chi connectivity index (χ3n) is 3.96. The molecule has 1 aromatic carbocycles. The molecule has 2 N–H and O–H groups in total. The van der Waals surface area contributed by atoms with E-state index in [1.807, 2.05) is 13.8 Å². The van der Waals surface area contributed by atoms with Crippen LogP contribution in [0.3, 0.4) is 0 Å². The van der Waals surface area contributed by atoms with Gasteiger partial charge in [-0.05, 0) is 43.8 Å². The Kier molecular flexibility index (Phi) is 3.89. The molecule has 0 saturated heterocycles. The maximum atomic E-state index is 13.2. The van der Waals surface area contributed by atoms with Crippen LogP contribution in [0.5, 0.6) is 0 Å². The van der Waals surface area contributed by atoms with Crippen molar-refractivity contribution in [1.82, 2.24) is 9.55 Å². The molecule has 1 aliphatic rings. The van der Waals surface area contributed by atoms with E-state index in [9.17, 15) is 14.0 Å². The molecule has 1 aliphatic heterocycles. The maximum absolute atomic E-state index is 13.2. The number of amides is 1. The molecule has 2 aromatic rings. The number of hydrogen-bond donors (Lipinski definition) is 2. The van der Waals surface area contributed by atoms with E-state index in [-0.39, 0.29) is 34.5 Å². The Morgan fingerprint density at radius 2 is 1.91 bits per heavy atom. The quantitative estimate of drug-likeness (QED) is 0.830. The summed E-state index contributed by atoms with van der Waals surface area (Å²) in [5.41, 5.74) is 0.951. The fourth-order valence-electron chi connectivity index (χ4n) is 2.91. The Balaban J connectivity index is 2.25. The van der Waals surface area contributed by atoms with Crippen molar-refractivity contribution in [1.29, 1.82) is 0 Å². The lowest BCUT2D eigenvalue weighted by atomic mass is 9.87. The van der Waals surface area contributed by atoms with Gasteiger partial charge in [-0.3, -0.25) is 14.2 Å². The van der Waals surface area contributed by atoms with E-state index in [1.165, 1.54) is 16.7 Å². The van der Waals surface area contributed by atoms with Crippen LogP contribution < -0.4 is 10.9 Å². The van der Waals surface area contributed by atoms with E-state index < -0.39 is 5.92 Å². The average molecular weight is 333 g/mol. The summed E-state index contributed by atoms with van der Waals surface area (Å²) in [5, 5.41) is 2.67. The van der Waals surface area contributed by atoms with Crippen molar-refractivity contribution >= 4 is 23.9 Å². The van der Waals surface area contributed by atoms with Crippen LogP contribution in [0.2, 0.25) is 0 Å². The zero-order valence-electron chi connectivity index (χ0n) is 12.7. The van der Waals surface area contributed by atoms with Gasteiger partial charge in [0, 0.05) is 18.4 Å². The van der Waals surface area contributed by atoms with Crippen LogP contribution in [0.25, 0.3) is 0 Å². The van der Waals surface area contributed by atoms with Gasteiger partial charge >= 0.3 is 0 Å². The molecule has 120 valence electrons. The van der Waals surface area contributed by atoms with Crippen LogP contribution >= 0.6 is 12.2 Å². The highest BCUT2D eigenvalue weighted by Crippen LogP contribution is 2.34. The SMILES string of the molecule is CC(C)n1c(=S)[nH]c2c(c1=O)C(c1ccc(F)cc1)CC(=O)N2. The number of rotatable bonds is 2. The van der Waals surface area contributed by atoms with Crippen molar-refractivity contribution < 1.29 is 9.18 Å². The van der Waals surface area contributed by atoms with Crippen molar-refractivity contribution in [3.05, 3.63) is 56.3 Å². The summed E-state index contributed by atoms with van der Waals surface area (Å²) in [4.78, 5) is 27.8. The van der Waals surface area contributed by atoms with Gasteiger partial charge in [0.05, 0.1) is 5.56 Å². The summed E-state index contributed by atoms with van der Waals surface area (Å²) >= 11 is 5.22. The third kappa shape index (κ3) is 2.72.